The summed E-state index contributed by atoms with van der Waals surface area (Å²) in [6, 6.07) is 13.0. The van der Waals surface area contributed by atoms with Gasteiger partial charge in [0.25, 0.3) is 0 Å². The molecule has 0 spiro atoms. The minimum atomic E-state index is -0.419. The van der Waals surface area contributed by atoms with Crippen molar-refractivity contribution in [2.75, 3.05) is 26.6 Å². The number of hydrogen-bond acceptors (Lipinski definition) is 6. The number of ether oxygens (including phenoxy) is 3. The van der Waals surface area contributed by atoms with E-state index in [1.807, 2.05) is 36.4 Å². The third kappa shape index (κ3) is 3.19. The number of hydrogen-bond donors (Lipinski definition) is 1. The van der Waals surface area contributed by atoms with Crippen molar-refractivity contribution in [3.8, 4) is 11.5 Å². The molecular weight excluding hydrogens is 320 g/mol. The summed E-state index contributed by atoms with van der Waals surface area (Å²) in [6.45, 7) is 0. The Kier molecular flexibility index (Phi) is 4.70. The van der Waals surface area contributed by atoms with Crippen molar-refractivity contribution in [3.05, 3.63) is 54.2 Å². The Balaban J connectivity index is 2.07. The van der Waals surface area contributed by atoms with Crippen LogP contribution in [-0.4, -0.2) is 32.3 Å². The summed E-state index contributed by atoms with van der Waals surface area (Å²) in [4.78, 5) is 16.3. The monoisotopic (exact) mass is 338 g/mol. The number of nitrogens with one attached hydrogen (secondary N) is 1. The minimum absolute atomic E-state index is 0.419. The molecule has 2 aromatic carbocycles. The first-order valence-corrected chi connectivity index (χ1v) is 7.63. The number of fused-ring (bicyclic) bond motifs is 1. The van der Waals surface area contributed by atoms with Crippen LogP contribution < -0.4 is 14.8 Å². The molecule has 0 radical (unpaired) electrons. The van der Waals surface area contributed by atoms with E-state index in [4.69, 9.17) is 14.2 Å². The van der Waals surface area contributed by atoms with E-state index in [0.29, 0.717) is 22.9 Å². The molecule has 6 heteroatoms. The van der Waals surface area contributed by atoms with Crippen LogP contribution >= 0.6 is 0 Å². The molecule has 25 heavy (non-hydrogen) atoms. The molecule has 0 aliphatic rings. The molecule has 0 amide bonds. The fourth-order valence-electron chi connectivity index (χ4n) is 2.59. The Hall–Kier alpha value is -3.28. The molecule has 0 fully saturated rings. The predicted octanol–water partition coefficient (Wildman–Crippen LogP) is 3.78. The van der Waals surface area contributed by atoms with Crippen molar-refractivity contribution in [3.63, 3.8) is 0 Å². The fourth-order valence-corrected chi connectivity index (χ4v) is 2.59. The van der Waals surface area contributed by atoms with Gasteiger partial charge in [0.05, 0.1) is 32.6 Å². The molecule has 0 aliphatic heterocycles. The summed E-state index contributed by atoms with van der Waals surface area (Å²) in [5.41, 5.74) is 1.16. The van der Waals surface area contributed by atoms with Gasteiger partial charge < -0.3 is 19.5 Å². The summed E-state index contributed by atoms with van der Waals surface area (Å²) >= 11 is 0. The highest BCUT2D eigenvalue weighted by Crippen LogP contribution is 2.33. The largest absolute Gasteiger partial charge is 0.497 e. The molecule has 0 saturated heterocycles. The smallest absolute Gasteiger partial charge is 0.340 e. The lowest BCUT2D eigenvalue weighted by Crippen LogP contribution is -2.05. The van der Waals surface area contributed by atoms with Crippen LogP contribution in [0.4, 0.5) is 11.5 Å². The van der Waals surface area contributed by atoms with Crippen molar-refractivity contribution in [1.29, 1.82) is 0 Å². The number of carbonyl (C=O) groups excluding carboxylic acids is 1. The number of benzene rings is 2. The average Bonchev–Trinajstić information content (AvgIpc) is 2.67. The first kappa shape index (κ1) is 16.6. The Labute approximate surface area is 145 Å². The van der Waals surface area contributed by atoms with Gasteiger partial charge in [0.1, 0.15) is 17.3 Å². The molecule has 0 atom stereocenters. The van der Waals surface area contributed by atoms with Crippen LogP contribution in [0.5, 0.6) is 11.5 Å². The lowest BCUT2D eigenvalue weighted by atomic mass is 10.1. The molecule has 0 unspecified atom stereocenters. The Morgan fingerprint density at radius 1 is 1.00 bits per heavy atom. The second kappa shape index (κ2) is 7.09. The highest BCUT2D eigenvalue weighted by molar-refractivity contribution is 6.07. The van der Waals surface area contributed by atoms with Gasteiger partial charge in [0.15, 0.2) is 0 Å². The molecular formula is C19H18N2O4. The van der Waals surface area contributed by atoms with E-state index in [1.165, 1.54) is 13.3 Å². The average molecular weight is 338 g/mol. The van der Waals surface area contributed by atoms with E-state index in [2.05, 4.69) is 10.3 Å². The number of anilines is 2. The van der Waals surface area contributed by atoms with Crippen LogP contribution in [0.2, 0.25) is 0 Å². The summed E-state index contributed by atoms with van der Waals surface area (Å²) in [7, 11) is 4.54. The van der Waals surface area contributed by atoms with E-state index in [9.17, 15) is 4.79 Å². The first-order chi connectivity index (χ1) is 12.2. The van der Waals surface area contributed by atoms with Gasteiger partial charge in [-0.2, -0.15) is 0 Å². The number of esters is 1. The lowest BCUT2D eigenvalue weighted by molar-refractivity contribution is 0.0602. The summed E-state index contributed by atoms with van der Waals surface area (Å²) in [5.74, 6) is 1.52. The topological polar surface area (TPSA) is 69.7 Å². The summed E-state index contributed by atoms with van der Waals surface area (Å²) in [5, 5.41) is 4.83. The predicted molar refractivity (Wildman–Crippen MR) is 95.9 cm³/mol. The zero-order valence-corrected chi connectivity index (χ0v) is 14.2. The molecule has 0 bridgehead atoms. The second-order valence-corrected chi connectivity index (χ2v) is 5.25. The van der Waals surface area contributed by atoms with Crippen LogP contribution in [0.3, 0.4) is 0 Å². The molecule has 3 aromatic rings. The van der Waals surface area contributed by atoms with Crippen molar-refractivity contribution in [2.45, 2.75) is 0 Å². The number of methoxy groups -OCH3 is 3. The van der Waals surface area contributed by atoms with E-state index in [-0.39, 0.29) is 0 Å². The van der Waals surface area contributed by atoms with Crippen molar-refractivity contribution in [2.24, 2.45) is 0 Å². The molecule has 0 saturated carbocycles. The number of carbonyl (C=O) groups is 1. The van der Waals surface area contributed by atoms with E-state index < -0.39 is 5.97 Å². The summed E-state index contributed by atoms with van der Waals surface area (Å²) in [6.07, 6.45) is 1.51. The molecule has 1 heterocycles. The molecule has 3 rings (SSSR count). The third-order valence-electron chi connectivity index (χ3n) is 3.86. The van der Waals surface area contributed by atoms with Gasteiger partial charge in [-0.25, -0.2) is 9.78 Å². The van der Waals surface area contributed by atoms with Gasteiger partial charge in [0.2, 0.25) is 0 Å². The van der Waals surface area contributed by atoms with Gasteiger partial charge in [0, 0.05) is 23.0 Å². The number of aromatic nitrogens is 1. The SMILES string of the molecule is COC(=O)c1cnc(Nc2ccc(OC)cc2OC)c2ccccc12. The van der Waals surface area contributed by atoms with Crippen molar-refractivity contribution >= 4 is 28.2 Å². The molecule has 6 nitrogen and oxygen atoms in total. The van der Waals surface area contributed by atoms with Crippen LogP contribution in [0.1, 0.15) is 10.4 Å². The van der Waals surface area contributed by atoms with Crippen molar-refractivity contribution < 1.29 is 19.0 Å². The van der Waals surface area contributed by atoms with Crippen LogP contribution in [0, 0.1) is 0 Å². The van der Waals surface area contributed by atoms with Gasteiger partial charge in [-0.1, -0.05) is 24.3 Å². The highest BCUT2D eigenvalue weighted by atomic mass is 16.5. The summed E-state index contributed by atoms with van der Waals surface area (Å²) < 4.78 is 15.5. The Bertz CT molecular complexity index is 924. The van der Waals surface area contributed by atoms with Gasteiger partial charge in [-0.15, -0.1) is 0 Å². The molecule has 1 aromatic heterocycles. The van der Waals surface area contributed by atoms with E-state index in [1.54, 1.807) is 20.3 Å². The fraction of sp³-hybridized carbons (Fsp3) is 0.158. The minimum Gasteiger partial charge on any atom is -0.497 e. The van der Waals surface area contributed by atoms with Gasteiger partial charge in [-0.3, -0.25) is 0 Å². The maximum atomic E-state index is 12.0. The highest BCUT2D eigenvalue weighted by Gasteiger charge is 2.15. The molecule has 128 valence electrons. The maximum absolute atomic E-state index is 12.0. The van der Waals surface area contributed by atoms with Crippen LogP contribution in [-0.2, 0) is 4.74 Å². The van der Waals surface area contributed by atoms with E-state index in [0.717, 1.165) is 16.5 Å². The van der Waals surface area contributed by atoms with Crippen LogP contribution in [0.15, 0.2) is 48.7 Å². The lowest BCUT2D eigenvalue weighted by Gasteiger charge is -2.14. The molecule has 1 N–H and O–H groups in total. The van der Waals surface area contributed by atoms with Gasteiger partial charge >= 0.3 is 5.97 Å². The zero-order valence-electron chi connectivity index (χ0n) is 14.2. The number of pyridine rings is 1. The third-order valence-corrected chi connectivity index (χ3v) is 3.86. The first-order valence-electron chi connectivity index (χ1n) is 7.63. The maximum Gasteiger partial charge on any atom is 0.340 e. The Morgan fingerprint density at radius 2 is 1.76 bits per heavy atom. The normalized spacial score (nSPS) is 10.4. The quantitative estimate of drug-likeness (QED) is 0.714. The van der Waals surface area contributed by atoms with Crippen molar-refractivity contribution in [1.82, 2.24) is 4.98 Å². The van der Waals surface area contributed by atoms with Crippen LogP contribution in [0.25, 0.3) is 10.8 Å². The van der Waals surface area contributed by atoms with E-state index >= 15 is 0 Å². The standard InChI is InChI=1S/C19H18N2O4/c1-23-12-8-9-16(17(10-12)24-2)21-18-14-7-5-4-6-13(14)15(11-20-18)19(22)25-3/h4-11H,1-3H3,(H,20,21). The zero-order chi connectivity index (χ0) is 17.8. The number of nitrogens with zero attached hydrogens (tertiary/aromatic N) is 1. The second-order valence-electron chi connectivity index (χ2n) is 5.25. The molecule has 0 aliphatic carbocycles. The number of rotatable bonds is 5. The van der Waals surface area contributed by atoms with Gasteiger partial charge in [-0.05, 0) is 12.1 Å². The Morgan fingerprint density at radius 3 is 2.44 bits per heavy atom.